The summed E-state index contributed by atoms with van der Waals surface area (Å²) in [5, 5.41) is 5.81. The summed E-state index contributed by atoms with van der Waals surface area (Å²) in [6, 6.07) is 5.34. The number of aromatic nitrogens is 1. The van der Waals surface area contributed by atoms with Crippen molar-refractivity contribution in [3.05, 3.63) is 34.0 Å². The van der Waals surface area contributed by atoms with Crippen LogP contribution in [0.25, 0.3) is 11.3 Å². The van der Waals surface area contributed by atoms with E-state index >= 15 is 0 Å². The van der Waals surface area contributed by atoms with Crippen molar-refractivity contribution in [3.8, 4) is 11.3 Å². The summed E-state index contributed by atoms with van der Waals surface area (Å²) < 4.78 is 10.2. The molecule has 1 saturated heterocycles. The van der Waals surface area contributed by atoms with Gasteiger partial charge in [-0.05, 0) is 30.7 Å². The van der Waals surface area contributed by atoms with E-state index in [1.807, 2.05) is 24.4 Å². The largest absolute Gasteiger partial charge is 0.469 e. The molecular formula is C18H21N3O4S. The maximum absolute atomic E-state index is 12.1. The third kappa shape index (κ3) is 3.47. The summed E-state index contributed by atoms with van der Waals surface area (Å²) in [6.07, 6.45) is 0.696. The highest BCUT2D eigenvalue weighted by atomic mass is 32.1. The molecule has 2 aromatic rings. The van der Waals surface area contributed by atoms with E-state index in [0.717, 1.165) is 16.3 Å². The second kappa shape index (κ2) is 7.92. The van der Waals surface area contributed by atoms with Crippen LogP contribution in [0.3, 0.4) is 0 Å². The summed E-state index contributed by atoms with van der Waals surface area (Å²) in [4.78, 5) is 30.0. The number of benzene rings is 1. The number of hydrogen-bond acceptors (Lipinski definition) is 8. The molecule has 138 valence electrons. The first-order chi connectivity index (χ1) is 12.6. The Kier molecular flexibility index (Phi) is 5.63. The van der Waals surface area contributed by atoms with Gasteiger partial charge in [-0.3, -0.25) is 4.79 Å². The van der Waals surface area contributed by atoms with Gasteiger partial charge in [0.05, 0.1) is 31.4 Å². The fourth-order valence-corrected chi connectivity index (χ4v) is 4.26. The van der Waals surface area contributed by atoms with E-state index in [2.05, 4.69) is 10.1 Å². The summed E-state index contributed by atoms with van der Waals surface area (Å²) in [7, 11) is 3.02. The molecule has 0 saturated carbocycles. The molecular weight excluding hydrogens is 354 g/mol. The van der Waals surface area contributed by atoms with E-state index in [1.165, 1.54) is 18.4 Å². The zero-order chi connectivity index (χ0) is 18.7. The zero-order valence-corrected chi connectivity index (χ0v) is 15.8. The smallest absolute Gasteiger partial charge is 0.310 e. The molecule has 0 N–H and O–H groups in total. The predicted octanol–water partition coefficient (Wildman–Crippen LogP) is 3.53. The molecule has 1 aromatic heterocycles. The standard InChI is InChI=1S/C18H21N3O4S/c1-11-4-5-14(20-23)13(8-11)15-10-26-18(19-15)21-7-6-12(17(22)25-3)16(21)9-24-2/h4-5,8,10,12,16H,6-7,9H2,1-3H3/t12-,16-/m1/s1. The normalized spacial score (nSPS) is 19.6. The van der Waals surface area contributed by atoms with E-state index in [1.54, 1.807) is 13.2 Å². The van der Waals surface area contributed by atoms with E-state index < -0.39 is 0 Å². The van der Waals surface area contributed by atoms with E-state index in [9.17, 15) is 9.70 Å². The molecule has 2 heterocycles. The van der Waals surface area contributed by atoms with Crippen molar-refractivity contribution in [2.75, 3.05) is 32.3 Å². The lowest BCUT2D eigenvalue weighted by molar-refractivity contribution is -0.146. The number of nitrogens with zero attached hydrogens (tertiary/aromatic N) is 3. The van der Waals surface area contributed by atoms with Crippen molar-refractivity contribution in [3.63, 3.8) is 0 Å². The minimum atomic E-state index is -0.238. The Balaban J connectivity index is 1.91. The van der Waals surface area contributed by atoms with Gasteiger partial charge >= 0.3 is 5.97 Å². The minimum Gasteiger partial charge on any atom is -0.469 e. The van der Waals surface area contributed by atoms with Gasteiger partial charge < -0.3 is 14.4 Å². The van der Waals surface area contributed by atoms with Crippen LogP contribution in [0.15, 0.2) is 28.8 Å². The summed E-state index contributed by atoms with van der Waals surface area (Å²) >= 11 is 1.48. The van der Waals surface area contributed by atoms with E-state index in [-0.39, 0.29) is 17.9 Å². The fourth-order valence-electron chi connectivity index (χ4n) is 3.35. The lowest BCUT2D eigenvalue weighted by Crippen LogP contribution is -2.39. The molecule has 1 aliphatic rings. The van der Waals surface area contributed by atoms with E-state index in [0.29, 0.717) is 31.0 Å². The Morgan fingerprint density at radius 3 is 2.92 bits per heavy atom. The van der Waals surface area contributed by atoms with Crippen LogP contribution in [0.5, 0.6) is 0 Å². The molecule has 0 bridgehead atoms. The number of anilines is 1. The Morgan fingerprint density at radius 1 is 1.42 bits per heavy atom. The number of hydrogen-bond donors (Lipinski definition) is 0. The van der Waals surface area contributed by atoms with Crippen molar-refractivity contribution in [1.82, 2.24) is 4.98 Å². The van der Waals surface area contributed by atoms with Gasteiger partial charge in [-0.1, -0.05) is 11.6 Å². The van der Waals surface area contributed by atoms with Crippen LogP contribution in [-0.2, 0) is 14.3 Å². The molecule has 1 aromatic carbocycles. The lowest BCUT2D eigenvalue weighted by atomic mass is 10.0. The van der Waals surface area contributed by atoms with Crippen molar-refractivity contribution in [1.29, 1.82) is 0 Å². The second-order valence-corrected chi connectivity index (χ2v) is 7.10. The molecule has 0 radical (unpaired) electrons. The highest BCUT2D eigenvalue weighted by Crippen LogP contribution is 2.37. The third-order valence-corrected chi connectivity index (χ3v) is 5.53. The maximum Gasteiger partial charge on any atom is 0.310 e. The number of ether oxygens (including phenoxy) is 2. The number of methoxy groups -OCH3 is 2. The van der Waals surface area contributed by atoms with Crippen molar-refractivity contribution >= 4 is 28.1 Å². The molecule has 26 heavy (non-hydrogen) atoms. The average molecular weight is 375 g/mol. The topological polar surface area (TPSA) is 81.1 Å². The predicted molar refractivity (Wildman–Crippen MR) is 101 cm³/mol. The first-order valence-electron chi connectivity index (χ1n) is 8.32. The first-order valence-corrected chi connectivity index (χ1v) is 9.20. The molecule has 7 nitrogen and oxygen atoms in total. The number of thiazole rings is 1. The number of esters is 1. The molecule has 1 fully saturated rings. The summed E-state index contributed by atoms with van der Waals surface area (Å²) in [5.41, 5.74) is 2.83. The molecule has 3 rings (SSSR count). The van der Waals surface area contributed by atoms with Gasteiger partial charge in [-0.25, -0.2) is 4.98 Å². The minimum absolute atomic E-state index is 0.118. The summed E-state index contributed by atoms with van der Waals surface area (Å²) in [6.45, 7) is 3.08. The molecule has 2 atom stereocenters. The van der Waals surface area contributed by atoms with Crippen LogP contribution < -0.4 is 4.90 Å². The molecule has 0 aliphatic carbocycles. The number of aryl methyl sites for hydroxylation is 1. The quantitative estimate of drug-likeness (QED) is 0.567. The first kappa shape index (κ1) is 18.5. The molecule has 0 unspecified atom stereocenters. The number of carbonyl (C=O) groups excluding carboxylic acids is 1. The highest BCUT2D eigenvalue weighted by molar-refractivity contribution is 7.14. The molecule has 0 spiro atoms. The summed E-state index contributed by atoms with van der Waals surface area (Å²) in [5.74, 6) is -0.462. The van der Waals surface area contributed by atoms with Crippen LogP contribution in [0.4, 0.5) is 10.8 Å². The van der Waals surface area contributed by atoms with E-state index in [4.69, 9.17) is 14.5 Å². The third-order valence-electron chi connectivity index (χ3n) is 4.65. The van der Waals surface area contributed by atoms with Gasteiger partial charge in [-0.15, -0.1) is 16.2 Å². The molecule has 0 amide bonds. The van der Waals surface area contributed by atoms with Crippen LogP contribution in [-0.4, -0.2) is 44.4 Å². The van der Waals surface area contributed by atoms with Crippen molar-refractivity contribution in [2.24, 2.45) is 11.1 Å². The van der Waals surface area contributed by atoms with Crippen LogP contribution >= 0.6 is 11.3 Å². The van der Waals surface area contributed by atoms with Gasteiger partial charge in [0.1, 0.15) is 5.69 Å². The monoisotopic (exact) mass is 375 g/mol. The van der Waals surface area contributed by atoms with Gasteiger partial charge in [0.25, 0.3) is 0 Å². The van der Waals surface area contributed by atoms with Crippen molar-refractivity contribution in [2.45, 2.75) is 19.4 Å². The average Bonchev–Trinajstić information content (AvgIpc) is 3.28. The Labute approximate surface area is 155 Å². The second-order valence-electron chi connectivity index (χ2n) is 6.26. The van der Waals surface area contributed by atoms with Crippen LogP contribution in [0.1, 0.15) is 12.0 Å². The number of rotatable bonds is 6. The number of carbonyl (C=O) groups is 1. The van der Waals surface area contributed by atoms with Gasteiger partial charge in [-0.2, -0.15) is 0 Å². The van der Waals surface area contributed by atoms with Crippen molar-refractivity contribution < 1.29 is 14.3 Å². The van der Waals surface area contributed by atoms with Crippen LogP contribution in [0, 0.1) is 17.7 Å². The maximum atomic E-state index is 12.1. The highest BCUT2D eigenvalue weighted by Gasteiger charge is 2.40. The Hall–Kier alpha value is -2.32. The molecule has 8 heteroatoms. The van der Waals surface area contributed by atoms with Gasteiger partial charge in [0, 0.05) is 24.6 Å². The molecule has 1 aliphatic heterocycles. The SMILES string of the molecule is COC[C@@H]1[C@H](C(=O)OC)CCN1c1nc(-c2cc(C)ccc2N=O)cs1. The fraction of sp³-hybridized carbons (Fsp3) is 0.444. The van der Waals surface area contributed by atoms with Gasteiger partial charge in [0.2, 0.25) is 0 Å². The number of nitroso groups, excluding NO2 is 1. The lowest BCUT2D eigenvalue weighted by Gasteiger charge is -2.26. The Bertz CT molecular complexity index is 807. The van der Waals surface area contributed by atoms with Crippen LogP contribution in [0.2, 0.25) is 0 Å². The zero-order valence-electron chi connectivity index (χ0n) is 15.0. The van der Waals surface area contributed by atoms with Gasteiger partial charge in [0.15, 0.2) is 5.13 Å². The Morgan fingerprint density at radius 2 is 2.23 bits per heavy atom.